The van der Waals surface area contributed by atoms with E-state index < -0.39 is 12.1 Å². The van der Waals surface area contributed by atoms with Crippen molar-refractivity contribution in [3.8, 4) is 5.75 Å². The Hall–Kier alpha value is -2.93. The van der Waals surface area contributed by atoms with Crippen LogP contribution in [0.3, 0.4) is 0 Å². The summed E-state index contributed by atoms with van der Waals surface area (Å²) in [6, 6.07) is 13.8. The van der Waals surface area contributed by atoms with Gasteiger partial charge in [-0.2, -0.15) is 4.91 Å². The Morgan fingerprint density at radius 3 is 2.53 bits per heavy atom. The third kappa shape index (κ3) is 6.73. The van der Waals surface area contributed by atoms with Crippen LogP contribution in [0.1, 0.15) is 82.0 Å². The number of carbonyl (C=O) groups is 1. The summed E-state index contributed by atoms with van der Waals surface area (Å²) in [5.41, 5.74) is 4.50. The molecule has 0 radical (unpaired) electrons. The van der Waals surface area contributed by atoms with E-state index in [2.05, 4.69) is 42.1 Å². The van der Waals surface area contributed by atoms with Crippen molar-refractivity contribution in [2.24, 2.45) is 11.1 Å². The lowest BCUT2D eigenvalue weighted by Gasteiger charge is -2.41. The molecule has 7 heteroatoms. The molecule has 1 aliphatic carbocycles. The highest BCUT2D eigenvalue weighted by Gasteiger charge is 2.33. The lowest BCUT2D eigenvalue weighted by Crippen LogP contribution is -2.39. The fourth-order valence-electron chi connectivity index (χ4n) is 5.95. The molecule has 1 unspecified atom stereocenters. The van der Waals surface area contributed by atoms with Crippen LogP contribution in [-0.2, 0) is 21.4 Å². The number of benzene rings is 2. The first-order chi connectivity index (χ1) is 18.3. The number of carboxylic acid groups (broad SMARTS) is 1. The minimum atomic E-state index is -0.948. The topological polar surface area (TPSA) is 88.4 Å². The fourth-order valence-corrected chi connectivity index (χ4v) is 5.95. The predicted molar refractivity (Wildman–Crippen MR) is 150 cm³/mol. The third-order valence-electron chi connectivity index (χ3n) is 8.27. The van der Waals surface area contributed by atoms with Crippen molar-refractivity contribution in [3.63, 3.8) is 0 Å². The molecule has 2 aromatic rings. The smallest absolute Gasteiger partial charge is 0.333 e. The van der Waals surface area contributed by atoms with E-state index in [4.69, 9.17) is 9.47 Å². The highest BCUT2D eigenvalue weighted by Crippen LogP contribution is 2.43. The average Bonchev–Trinajstić information content (AvgIpc) is 2.92. The Kier molecular flexibility index (Phi) is 9.42. The van der Waals surface area contributed by atoms with E-state index >= 15 is 0 Å². The maximum atomic E-state index is 11.9. The van der Waals surface area contributed by atoms with Crippen molar-refractivity contribution in [2.45, 2.75) is 83.3 Å². The van der Waals surface area contributed by atoms with Gasteiger partial charge in [0.1, 0.15) is 18.4 Å². The molecule has 0 saturated heterocycles. The summed E-state index contributed by atoms with van der Waals surface area (Å²) in [4.78, 5) is 25.6. The van der Waals surface area contributed by atoms with Gasteiger partial charge in [-0.15, -0.1) is 0 Å². The van der Waals surface area contributed by atoms with Crippen LogP contribution in [0.4, 0.5) is 5.69 Å². The van der Waals surface area contributed by atoms with Crippen LogP contribution in [0, 0.1) is 10.8 Å². The molecule has 1 aliphatic heterocycles. The number of carboxylic acids is 1. The number of ether oxygens (including phenoxy) is 2. The van der Waals surface area contributed by atoms with Gasteiger partial charge in [0.15, 0.2) is 6.10 Å². The Labute approximate surface area is 226 Å². The summed E-state index contributed by atoms with van der Waals surface area (Å²) in [6.45, 7) is 8.99. The van der Waals surface area contributed by atoms with Crippen LogP contribution in [0.2, 0.25) is 0 Å². The van der Waals surface area contributed by atoms with Gasteiger partial charge in [0.05, 0.1) is 6.54 Å². The van der Waals surface area contributed by atoms with Gasteiger partial charge in [0.2, 0.25) is 0 Å². The monoisotopic (exact) mass is 522 g/mol. The highest BCUT2D eigenvalue weighted by molar-refractivity contribution is 5.72. The van der Waals surface area contributed by atoms with Gasteiger partial charge in [0.25, 0.3) is 0 Å². The van der Waals surface area contributed by atoms with E-state index in [1.807, 2.05) is 24.3 Å². The molecule has 0 aromatic heterocycles. The van der Waals surface area contributed by atoms with Crippen LogP contribution < -0.4 is 9.64 Å². The van der Waals surface area contributed by atoms with Gasteiger partial charge >= 0.3 is 5.97 Å². The molecule has 1 fully saturated rings. The molecule has 0 spiro atoms. The number of fused-ring (bicyclic) bond motifs is 1. The molecular formula is C31H42N2O5. The fraction of sp³-hybridized carbons (Fsp3) is 0.581. The van der Waals surface area contributed by atoms with Crippen molar-refractivity contribution in [3.05, 3.63) is 64.1 Å². The van der Waals surface area contributed by atoms with Crippen molar-refractivity contribution < 1.29 is 19.4 Å². The second kappa shape index (κ2) is 12.7. The summed E-state index contributed by atoms with van der Waals surface area (Å²) in [5, 5.41) is 12.9. The van der Waals surface area contributed by atoms with E-state index in [9.17, 15) is 14.8 Å². The standard InChI is InChI=1S/C31H42N2O5/c1-4-37-28(30(34)35)20-22-10-13-25(14-11-22)38-19-18-33-17-16-31(2,3)26-21-24(12-15-27(26)33)29(32-36)23-8-6-5-7-9-23/h10-15,21,23,28-29H,4-9,16-20H2,1-3H3,(H,34,35)/t28-,29?/m0/s1. The zero-order valence-corrected chi connectivity index (χ0v) is 23.0. The van der Waals surface area contributed by atoms with E-state index in [0.29, 0.717) is 25.6 Å². The first-order valence-electron chi connectivity index (χ1n) is 14.1. The number of hydrogen-bond acceptors (Lipinski definition) is 6. The molecule has 2 aromatic carbocycles. The lowest BCUT2D eigenvalue weighted by atomic mass is 9.75. The van der Waals surface area contributed by atoms with Gasteiger partial charge in [0, 0.05) is 25.3 Å². The second-order valence-corrected chi connectivity index (χ2v) is 11.3. The minimum Gasteiger partial charge on any atom is -0.492 e. The molecule has 1 N–H and O–H groups in total. The number of hydrogen-bond donors (Lipinski definition) is 1. The van der Waals surface area contributed by atoms with Crippen LogP contribution >= 0.6 is 0 Å². The lowest BCUT2D eigenvalue weighted by molar-refractivity contribution is -0.149. The van der Waals surface area contributed by atoms with E-state index in [-0.39, 0.29) is 11.5 Å². The predicted octanol–water partition coefficient (Wildman–Crippen LogP) is 6.67. The number of anilines is 1. The van der Waals surface area contributed by atoms with Crippen molar-refractivity contribution in [1.29, 1.82) is 0 Å². The van der Waals surface area contributed by atoms with Crippen LogP contribution in [0.25, 0.3) is 0 Å². The quantitative estimate of drug-likeness (QED) is 0.313. The van der Waals surface area contributed by atoms with Crippen molar-refractivity contribution in [2.75, 3.05) is 31.2 Å². The zero-order chi connectivity index (χ0) is 27.1. The van der Waals surface area contributed by atoms with Gasteiger partial charge in [-0.05, 0) is 72.4 Å². The van der Waals surface area contributed by atoms with Crippen molar-refractivity contribution >= 4 is 11.7 Å². The second-order valence-electron chi connectivity index (χ2n) is 11.3. The molecule has 2 aliphatic rings. The van der Waals surface area contributed by atoms with Crippen LogP contribution in [-0.4, -0.2) is 43.5 Å². The first-order valence-corrected chi connectivity index (χ1v) is 14.1. The molecule has 1 heterocycles. The minimum absolute atomic E-state index is 0.0355. The van der Waals surface area contributed by atoms with E-state index in [0.717, 1.165) is 49.2 Å². The van der Waals surface area contributed by atoms with Crippen LogP contribution in [0.5, 0.6) is 5.75 Å². The number of aliphatic carboxylic acids is 1. The van der Waals surface area contributed by atoms with Crippen LogP contribution in [0.15, 0.2) is 47.6 Å². The number of nitroso groups, excluding NO2 is 1. The Morgan fingerprint density at radius 1 is 1.13 bits per heavy atom. The molecule has 1 saturated carbocycles. The van der Waals surface area contributed by atoms with Gasteiger partial charge < -0.3 is 19.5 Å². The molecule has 7 nitrogen and oxygen atoms in total. The maximum absolute atomic E-state index is 11.9. The largest absolute Gasteiger partial charge is 0.492 e. The Balaban J connectivity index is 1.39. The molecule has 206 valence electrons. The SMILES string of the molecule is CCO[C@@H](Cc1ccc(OCCN2CCC(C)(C)c3cc(C(N=O)C4CCCCC4)ccc32)cc1)C(=O)O. The third-order valence-corrected chi connectivity index (χ3v) is 8.27. The normalized spacial score (nSPS) is 18.9. The maximum Gasteiger partial charge on any atom is 0.333 e. The summed E-state index contributed by atoms with van der Waals surface area (Å²) < 4.78 is 11.4. The van der Waals surface area contributed by atoms with E-state index in [1.54, 1.807) is 6.92 Å². The molecule has 0 amide bonds. The molecule has 38 heavy (non-hydrogen) atoms. The summed E-state index contributed by atoms with van der Waals surface area (Å²) >= 11 is 0. The summed E-state index contributed by atoms with van der Waals surface area (Å²) in [5.74, 6) is 0.171. The molecular weight excluding hydrogens is 480 g/mol. The summed E-state index contributed by atoms with van der Waals surface area (Å²) in [6.07, 6.45) is 6.36. The number of rotatable bonds is 12. The average molecular weight is 523 g/mol. The molecule has 2 atom stereocenters. The molecule has 4 rings (SSSR count). The molecule has 0 bridgehead atoms. The van der Waals surface area contributed by atoms with Gasteiger partial charge in [-0.25, -0.2) is 4.79 Å². The van der Waals surface area contributed by atoms with Gasteiger partial charge in [-0.3, -0.25) is 0 Å². The number of nitrogens with zero attached hydrogens (tertiary/aromatic N) is 2. The van der Waals surface area contributed by atoms with Gasteiger partial charge in [-0.1, -0.05) is 62.6 Å². The Bertz CT molecular complexity index is 1080. The Morgan fingerprint density at radius 2 is 1.87 bits per heavy atom. The van der Waals surface area contributed by atoms with Crippen molar-refractivity contribution in [1.82, 2.24) is 0 Å². The zero-order valence-electron chi connectivity index (χ0n) is 23.0. The highest BCUT2D eigenvalue weighted by atomic mass is 16.5. The first kappa shape index (κ1) is 28.1. The summed E-state index contributed by atoms with van der Waals surface area (Å²) in [7, 11) is 0. The van der Waals surface area contributed by atoms with E-state index in [1.165, 1.54) is 30.5 Å².